The Labute approximate surface area is 139 Å². The van der Waals surface area contributed by atoms with Crippen LogP contribution in [0.3, 0.4) is 0 Å². The van der Waals surface area contributed by atoms with E-state index in [1.165, 1.54) is 10.4 Å². The summed E-state index contributed by atoms with van der Waals surface area (Å²) in [4.78, 5) is 19.3. The van der Waals surface area contributed by atoms with E-state index in [4.69, 9.17) is 0 Å². The molecule has 23 heavy (non-hydrogen) atoms. The van der Waals surface area contributed by atoms with Crippen molar-refractivity contribution in [2.24, 2.45) is 0 Å². The second-order valence-electron chi connectivity index (χ2n) is 5.92. The summed E-state index contributed by atoms with van der Waals surface area (Å²) in [6.07, 6.45) is 1.13. The van der Waals surface area contributed by atoms with E-state index in [0.717, 1.165) is 37.0 Å². The van der Waals surface area contributed by atoms with Crippen LogP contribution < -0.4 is 5.32 Å². The highest BCUT2D eigenvalue weighted by atomic mass is 32.1. The van der Waals surface area contributed by atoms with Gasteiger partial charge in [-0.1, -0.05) is 18.2 Å². The Hall–Kier alpha value is -2.11. The van der Waals surface area contributed by atoms with Crippen molar-refractivity contribution in [1.82, 2.24) is 15.2 Å². The highest BCUT2D eigenvalue weighted by molar-refractivity contribution is 7.10. The van der Waals surface area contributed by atoms with Crippen molar-refractivity contribution in [3.8, 4) is 0 Å². The van der Waals surface area contributed by atoms with E-state index in [1.54, 1.807) is 0 Å². The molecule has 0 fully saturated rings. The molecule has 0 saturated carbocycles. The predicted octanol–water partition coefficient (Wildman–Crippen LogP) is 3.02. The van der Waals surface area contributed by atoms with E-state index < -0.39 is 0 Å². The van der Waals surface area contributed by atoms with Gasteiger partial charge in [0.25, 0.3) is 5.91 Å². The summed E-state index contributed by atoms with van der Waals surface area (Å²) in [5.41, 5.74) is 3.08. The van der Waals surface area contributed by atoms with Gasteiger partial charge in [0.2, 0.25) is 0 Å². The molecule has 0 atom stereocenters. The van der Waals surface area contributed by atoms with Gasteiger partial charge in [0.1, 0.15) is 5.69 Å². The maximum Gasteiger partial charge on any atom is 0.267 e. The molecule has 0 aliphatic carbocycles. The third kappa shape index (κ3) is 3.02. The molecule has 3 heterocycles. The van der Waals surface area contributed by atoms with E-state index in [0.29, 0.717) is 12.2 Å². The maximum atomic E-state index is 12.3. The molecule has 5 heteroatoms. The molecule has 0 bridgehead atoms. The number of nitrogens with one attached hydrogen (secondary N) is 2. The van der Waals surface area contributed by atoms with Crippen molar-refractivity contribution in [3.63, 3.8) is 0 Å². The van der Waals surface area contributed by atoms with Crippen LogP contribution in [0.2, 0.25) is 0 Å². The molecule has 1 aliphatic rings. The molecule has 2 N–H and O–H groups in total. The van der Waals surface area contributed by atoms with Crippen LogP contribution in [-0.4, -0.2) is 35.4 Å². The highest BCUT2D eigenvalue weighted by Gasteiger charge is 2.17. The second kappa shape index (κ2) is 6.18. The monoisotopic (exact) mass is 325 g/mol. The largest absolute Gasteiger partial charge is 0.351 e. The summed E-state index contributed by atoms with van der Waals surface area (Å²) in [5.74, 6) is -0.0329. The number of thiophene rings is 1. The molecule has 1 aromatic carbocycles. The summed E-state index contributed by atoms with van der Waals surface area (Å²) in [6, 6.07) is 12.1. The smallest absolute Gasteiger partial charge is 0.267 e. The lowest BCUT2D eigenvalue weighted by atomic mass is 10.1. The molecule has 3 aromatic rings. The second-order valence-corrected chi connectivity index (χ2v) is 6.92. The van der Waals surface area contributed by atoms with E-state index >= 15 is 0 Å². The van der Waals surface area contributed by atoms with E-state index in [2.05, 4.69) is 26.6 Å². The van der Waals surface area contributed by atoms with Crippen molar-refractivity contribution in [2.45, 2.75) is 13.0 Å². The third-order valence-electron chi connectivity index (χ3n) is 4.37. The highest BCUT2D eigenvalue weighted by Crippen LogP contribution is 2.23. The quantitative estimate of drug-likeness (QED) is 0.775. The molecule has 4 nitrogen and oxygen atoms in total. The Morgan fingerprint density at radius 2 is 2.22 bits per heavy atom. The van der Waals surface area contributed by atoms with Crippen molar-refractivity contribution in [1.29, 1.82) is 0 Å². The van der Waals surface area contributed by atoms with Gasteiger partial charge in [-0.15, -0.1) is 11.3 Å². The topological polar surface area (TPSA) is 48.1 Å². The SMILES string of the molecule is O=C(NCCN1CCc2sccc2C1)c1cc2ccccc2[nH]1. The Bertz CT molecular complexity index is 803. The number of benzene rings is 1. The number of rotatable bonds is 4. The van der Waals surface area contributed by atoms with Gasteiger partial charge in [-0.05, 0) is 35.6 Å². The first kappa shape index (κ1) is 14.5. The molecule has 0 unspecified atom stereocenters. The molecule has 0 saturated heterocycles. The summed E-state index contributed by atoms with van der Waals surface area (Å²) in [5, 5.41) is 6.26. The number of nitrogens with zero attached hydrogens (tertiary/aromatic N) is 1. The number of carbonyl (C=O) groups is 1. The standard InChI is InChI=1S/C18H19N3OS/c22-18(16-11-13-3-1-2-4-15(13)20-16)19-7-9-21-8-5-17-14(12-21)6-10-23-17/h1-4,6,10-11,20H,5,7-9,12H2,(H,19,22). The number of aromatic amines is 1. The molecular formula is C18H19N3OS. The van der Waals surface area contributed by atoms with E-state index in [1.807, 2.05) is 41.7 Å². The number of aromatic nitrogens is 1. The van der Waals surface area contributed by atoms with Gasteiger partial charge in [0, 0.05) is 42.0 Å². The first-order valence-corrected chi connectivity index (χ1v) is 8.81. The molecule has 1 amide bonds. The summed E-state index contributed by atoms with van der Waals surface area (Å²) in [6.45, 7) is 3.64. The van der Waals surface area contributed by atoms with Crippen LogP contribution in [0, 0.1) is 0 Å². The molecule has 0 spiro atoms. The number of fused-ring (bicyclic) bond motifs is 2. The average molecular weight is 325 g/mol. The number of hydrogen-bond acceptors (Lipinski definition) is 3. The minimum absolute atomic E-state index is 0.0329. The summed E-state index contributed by atoms with van der Waals surface area (Å²) in [7, 11) is 0. The van der Waals surface area contributed by atoms with Crippen LogP contribution in [0.4, 0.5) is 0 Å². The van der Waals surface area contributed by atoms with Crippen LogP contribution in [0.5, 0.6) is 0 Å². The first-order valence-electron chi connectivity index (χ1n) is 7.93. The summed E-state index contributed by atoms with van der Waals surface area (Å²) >= 11 is 1.85. The van der Waals surface area contributed by atoms with Crippen molar-refractivity contribution < 1.29 is 4.79 Å². The van der Waals surface area contributed by atoms with Crippen LogP contribution >= 0.6 is 11.3 Å². The minimum atomic E-state index is -0.0329. The lowest BCUT2D eigenvalue weighted by Gasteiger charge is -2.26. The lowest BCUT2D eigenvalue weighted by molar-refractivity contribution is 0.0943. The van der Waals surface area contributed by atoms with Gasteiger partial charge in [0.15, 0.2) is 0 Å². The van der Waals surface area contributed by atoms with Crippen LogP contribution in [-0.2, 0) is 13.0 Å². The predicted molar refractivity (Wildman–Crippen MR) is 93.9 cm³/mol. The van der Waals surface area contributed by atoms with Crippen LogP contribution in [0.25, 0.3) is 10.9 Å². The zero-order valence-electron chi connectivity index (χ0n) is 12.8. The number of amides is 1. The number of carbonyl (C=O) groups excluding carboxylic acids is 1. The molecule has 4 rings (SSSR count). The van der Waals surface area contributed by atoms with Crippen molar-refractivity contribution in [3.05, 3.63) is 57.9 Å². The molecule has 0 radical (unpaired) electrons. The fourth-order valence-electron chi connectivity index (χ4n) is 3.12. The number of para-hydroxylation sites is 1. The van der Waals surface area contributed by atoms with Gasteiger partial charge in [-0.2, -0.15) is 0 Å². The van der Waals surface area contributed by atoms with Crippen molar-refractivity contribution in [2.75, 3.05) is 19.6 Å². The first-order chi connectivity index (χ1) is 11.3. The Balaban J connectivity index is 1.32. The van der Waals surface area contributed by atoms with Gasteiger partial charge in [0.05, 0.1) is 0 Å². The Morgan fingerprint density at radius 1 is 1.30 bits per heavy atom. The van der Waals surface area contributed by atoms with E-state index in [-0.39, 0.29) is 5.91 Å². The Morgan fingerprint density at radius 3 is 3.13 bits per heavy atom. The summed E-state index contributed by atoms with van der Waals surface area (Å²) < 4.78 is 0. The molecule has 2 aromatic heterocycles. The number of hydrogen-bond donors (Lipinski definition) is 2. The van der Waals surface area contributed by atoms with Gasteiger partial charge >= 0.3 is 0 Å². The lowest BCUT2D eigenvalue weighted by Crippen LogP contribution is -2.37. The van der Waals surface area contributed by atoms with Gasteiger partial charge in [-0.25, -0.2) is 0 Å². The zero-order chi connectivity index (χ0) is 15.6. The normalized spacial score (nSPS) is 14.8. The average Bonchev–Trinajstić information content (AvgIpc) is 3.20. The third-order valence-corrected chi connectivity index (χ3v) is 5.40. The molecule has 118 valence electrons. The fourth-order valence-corrected chi connectivity index (χ4v) is 4.01. The zero-order valence-corrected chi connectivity index (χ0v) is 13.7. The fraction of sp³-hybridized carbons (Fsp3) is 0.278. The Kier molecular flexibility index (Phi) is 3.89. The van der Waals surface area contributed by atoms with Crippen LogP contribution in [0.15, 0.2) is 41.8 Å². The molecular weight excluding hydrogens is 306 g/mol. The van der Waals surface area contributed by atoms with Crippen LogP contribution in [0.1, 0.15) is 20.9 Å². The van der Waals surface area contributed by atoms with E-state index in [9.17, 15) is 4.79 Å². The van der Waals surface area contributed by atoms with Crippen molar-refractivity contribution >= 4 is 28.1 Å². The number of H-pyrrole nitrogens is 1. The van der Waals surface area contributed by atoms with Gasteiger partial charge in [-0.3, -0.25) is 9.69 Å². The minimum Gasteiger partial charge on any atom is -0.351 e. The molecule has 1 aliphatic heterocycles. The van der Waals surface area contributed by atoms with Gasteiger partial charge < -0.3 is 10.3 Å². The maximum absolute atomic E-state index is 12.3.